The summed E-state index contributed by atoms with van der Waals surface area (Å²) in [6.45, 7) is -2.27. The van der Waals surface area contributed by atoms with Crippen LogP contribution in [0.2, 0.25) is 0 Å². The van der Waals surface area contributed by atoms with E-state index in [2.05, 4.69) is 0 Å². The van der Waals surface area contributed by atoms with E-state index in [1.807, 2.05) is 0 Å². The third kappa shape index (κ3) is 4.95. The van der Waals surface area contributed by atoms with Crippen molar-refractivity contribution in [2.24, 2.45) is 0 Å². The SMILES string of the molecule is [2H]c1c([2H])c([2H])c(-c2c([2H])c([2H])c3oc4c(c3c2[2H])N(c2c([2H])c([2H])c([2H])c3c2oc2c([2H])c([2H])c([2H])c([2H])c23)c2c([2H])c(N(c3c([2H])c([2H])c([2H])c([2H])c3[2H])c3c([2H])c([2H])c([2H])c([2H])c3[2H])c([2H])c3c2B4c2c([2H])c([2H])c([2H])c4c2N3c2c([2H])c([2H])c([2H])c3c5c([2H])c([2H])c([2H])c([2H])c5n-4c23)c([2H])c1[2H]. The molecule has 10 aromatic carbocycles. The molecule has 69 heavy (non-hydrogen) atoms. The van der Waals surface area contributed by atoms with Gasteiger partial charge in [0.2, 0.25) is 0 Å². The zero-order valence-corrected chi connectivity index (χ0v) is 34.2. The molecule has 0 saturated heterocycles. The predicted octanol–water partition coefficient (Wildman–Crippen LogP) is 15.0. The summed E-state index contributed by atoms with van der Waals surface area (Å²) in [6.07, 6.45) is 0. The number of nitrogens with zero attached hydrogens (tertiary/aromatic N) is 4. The van der Waals surface area contributed by atoms with E-state index in [-0.39, 0.29) is 0 Å². The monoisotopic (exact) mass is 918 g/mol. The number of anilines is 9. The van der Waals surface area contributed by atoms with Gasteiger partial charge in [-0.1, -0.05) is 145 Å². The van der Waals surface area contributed by atoms with Gasteiger partial charge in [-0.2, -0.15) is 0 Å². The van der Waals surface area contributed by atoms with Gasteiger partial charge in [-0.15, -0.1) is 0 Å². The number of rotatable bonds is 5. The Morgan fingerprint density at radius 3 is 1.80 bits per heavy atom. The zero-order valence-electron chi connectivity index (χ0n) is 71.2. The summed E-state index contributed by atoms with van der Waals surface area (Å²) in [5, 5.41) is -3.23. The number of hydrogen-bond acceptors (Lipinski definition) is 5. The van der Waals surface area contributed by atoms with E-state index in [4.69, 9.17) is 28.0 Å². The summed E-state index contributed by atoms with van der Waals surface area (Å²) >= 11 is 0. The molecule has 3 aliphatic rings. The fourth-order valence-corrected chi connectivity index (χ4v) is 9.61. The first-order valence-electron chi connectivity index (χ1n) is 39.1. The van der Waals surface area contributed by atoms with Gasteiger partial charge in [0, 0.05) is 49.7 Å². The lowest BCUT2D eigenvalue weighted by molar-refractivity contribution is 0.651. The van der Waals surface area contributed by atoms with Crippen LogP contribution in [-0.4, -0.2) is 11.3 Å². The van der Waals surface area contributed by atoms with E-state index in [9.17, 15) is 31.5 Å². The lowest BCUT2D eigenvalue weighted by Gasteiger charge is -2.45. The van der Waals surface area contributed by atoms with Crippen molar-refractivity contribution in [1.82, 2.24) is 4.57 Å². The largest absolute Gasteiger partial charge is 0.468 e. The third-order valence-electron chi connectivity index (χ3n) is 12.2. The second-order valence-electron chi connectivity index (χ2n) is 15.6. The Morgan fingerprint density at radius 2 is 1.01 bits per heavy atom. The van der Waals surface area contributed by atoms with Crippen LogP contribution in [0.15, 0.2) is 232 Å². The molecule has 6 heterocycles. The van der Waals surface area contributed by atoms with Gasteiger partial charge in [0.05, 0.1) is 102 Å². The number of hydrogen-bond donors (Lipinski definition) is 0. The standard InChI is InChI=1S/C62H37BN4O2/c1-4-17-38(18-5-1)39-33-34-56-47(35-39)59-62(69-56)63-48-27-16-30-51-60(48)66(50-29-14-25-45-43-23-10-12-28-49(43)65(51)58(45)50)53-36-42(64(40-19-6-2-7-20-40)41-21-8-3-9-22-41)37-54(57(53)63)67(59)52-31-15-26-46-44-24-11-13-32-55(44)68-61(46)52/h1-37H/i1D,2D,3D,4D,5D,6D,7D,8D,9D,10D,11D,12D,13D,14D,15D,16D,17D,18D,19D,20D,21D,22D,23D,24D,25D,26D,27D,28D,29D,30D,31D,32D,33D,34D,35D,36D,37D. The van der Waals surface area contributed by atoms with Crippen molar-refractivity contribution in [3.63, 3.8) is 0 Å². The number of aromatic nitrogens is 1. The van der Waals surface area contributed by atoms with Gasteiger partial charge in [0.15, 0.2) is 5.58 Å². The highest BCUT2D eigenvalue weighted by molar-refractivity contribution is 7.00. The maximum absolute atomic E-state index is 11.2. The van der Waals surface area contributed by atoms with Gasteiger partial charge < -0.3 is 28.1 Å². The minimum atomic E-state index is -2.27. The molecular weight excluding hydrogens is 844 g/mol. The lowest BCUT2D eigenvalue weighted by Crippen LogP contribution is -2.61. The van der Waals surface area contributed by atoms with Crippen LogP contribution < -0.4 is 31.3 Å². The number of furan rings is 2. The first-order valence-corrected chi connectivity index (χ1v) is 20.6. The average Bonchev–Trinajstić information content (AvgIpc) is 1.35. The van der Waals surface area contributed by atoms with Crippen LogP contribution in [0.1, 0.15) is 50.7 Å². The molecule has 0 aliphatic carbocycles. The molecule has 320 valence electrons. The first-order chi connectivity index (χ1) is 49.7. The van der Waals surface area contributed by atoms with Crippen LogP contribution in [0.5, 0.6) is 0 Å². The topological polar surface area (TPSA) is 40.9 Å². The van der Waals surface area contributed by atoms with Gasteiger partial charge in [0.1, 0.15) is 11.2 Å². The molecule has 0 spiro atoms. The van der Waals surface area contributed by atoms with E-state index in [0.717, 1.165) is 9.47 Å². The minimum Gasteiger partial charge on any atom is -0.468 e. The van der Waals surface area contributed by atoms with Crippen LogP contribution >= 0.6 is 0 Å². The van der Waals surface area contributed by atoms with Gasteiger partial charge in [-0.25, -0.2) is 0 Å². The molecule has 0 N–H and O–H groups in total. The maximum Gasteiger partial charge on any atom is 0.297 e. The zero-order chi connectivity index (χ0) is 77.1. The summed E-state index contributed by atoms with van der Waals surface area (Å²) in [7, 11) is 0. The Labute approximate surface area is 448 Å². The Morgan fingerprint density at radius 1 is 0.406 bits per heavy atom. The molecule has 16 rings (SSSR count). The van der Waals surface area contributed by atoms with Gasteiger partial charge in [-0.3, -0.25) is 0 Å². The molecule has 0 radical (unpaired) electrons. The summed E-state index contributed by atoms with van der Waals surface area (Å²) < 4.78 is 365. The summed E-state index contributed by atoms with van der Waals surface area (Å²) in [5.41, 5.74) is -17.1. The molecular formula is C62H37BN4O2. The Balaban J connectivity index is 1.25. The number of fused-ring (bicyclic) bond motifs is 14. The lowest BCUT2D eigenvalue weighted by atomic mass is 9.35. The molecule has 3 aliphatic heterocycles. The normalized spacial score (nSPS) is 20.6. The third-order valence-corrected chi connectivity index (χ3v) is 12.2. The molecule has 3 aromatic heterocycles. The quantitative estimate of drug-likeness (QED) is 0.161. The summed E-state index contributed by atoms with van der Waals surface area (Å²) in [4.78, 5) is 1.94. The molecule has 0 atom stereocenters. The van der Waals surface area contributed by atoms with Crippen molar-refractivity contribution < 1.29 is 59.6 Å². The molecule has 0 saturated carbocycles. The smallest absolute Gasteiger partial charge is 0.297 e. The fraction of sp³-hybridized carbons (Fsp3) is 0. The van der Waals surface area contributed by atoms with Gasteiger partial charge in [-0.05, 0) is 101 Å². The molecule has 0 fully saturated rings. The van der Waals surface area contributed by atoms with Crippen molar-refractivity contribution >= 4 is 129 Å². The summed E-state index contributed by atoms with van der Waals surface area (Å²) in [6, 6.07) is -39.6. The van der Waals surface area contributed by atoms with Crippen molar-refractivity contribution in [3.05, 3.63) is 224 Å². The molecule has 0 unspecified atom stereocenters. The van der Waals surface area contributed by atoms with Crippen molar-refractivity contribution in [2.75, 3.05) is 14.7 Å². The molecule has 0 amide bonds. The fourth-order valence-electron chi connectivity index (χ4n) is 9.61. The molecule has 0 bridgehead atoms. The second kappa shape index (κ2) is 13.7. The maximum atomic E-state index is 11.2. The molecule has 7 heteroatoms. The average molecular weight is 918 g/mol. The van der Waals surface area contributed by atoms with Crippen LogP contribution in [0.3, 0.4) is 0 Å². The van der Waals surface area contributed by atoms with E-state index >= 15 is 0 Å². The van der Waals surface area contributed by atoms with Crippen LogP contribution in [0, 0.1) is 0 Å². The van der Waals surface area contributed by atoms with Crippen molar-refractivity contribution in [3.8, 4) is 16.8 Å². The second-order valence-corrected chi connectivity index (χ2v) is 15.6. The van der Waals surface area contributed by atoms with E-state index in [1.165, 1.54) is 0 Å². The Hall–Kier alpha value is -9.20. The van der Waals surface area contributed by atoms with E-state index < -0.39 is 370 Å². The first kappa shape index (κ1) is 16.5. The number of para-hydroxylation sites is 7. The van der Waals surface area contributed by atoms with Crippen molar-refractivity contribution in [1.29, 1.82) is 0 Å². The minimum absolute atomic E-state index is 0.352. The Bertz CT molecular complexity index is 6390. The van der Waals surface area contributed by atoms with E-state index in [0.29, 0.717) is 9.80 Å². The predicted molar refractivity (Wildman–Crippen MR) is 286 cm³/mol. The van der Waals surface area contributed by atoms with E-state index in [1.54, 1.807) is 0 Å². The Kier molecular flexibility index (Phi) is 3.28. The number of benzene rings is 10. The highest BCUT2D eigenvalue weighted by Gasteiger charge is 2.49. The van der Waals surface area contributed by atoms with Crippen LogP contribution in [-0.2, 0) is 0 Å². The molecule has 13 aromatic rings. The highest BCUT2D eigenvalue weighted by Crippen LogP contribution is 2.55. The highest BCUT2D eigenvalue weighted by atomic mass is 16.3. The van der Waals surface area contributed by atoms with Crippen molar-refractivity contribution in [2.45, 2.75) is 0 Å². The van der Waals surface area contributed by atoms with Crippen LogP contribution in [0.4, 0.5) is 51.2 Å². The van der Waals surface area contributed by atoms with Gasteiger partial charge in [0.25, 0.3) is 6.71 Å². The summed E-state index contributed by atoms with van der Waals surface area (Å²) in [5.74, 6) is 0. The molecule has 6 nitrogen and oxygen atoms in total. The van der Waals surface area contributed by atoms with Crippen LogP contribution in [0.25, 0.3) is 71.5 Å². The van der Waals surface area contributed by atoms with Gasteiger partial charge >= 0.3 is 0 Å².